The number of anilines is 1. The summed E-state index contributed by atoms with van der Waals surface area (Å²) in [6, 6.07) is 11.3. The van der Waals surface area contributed by atoms with Crippen LogP contribution >= 0.6 is 0 Å². The minimum absolute atomic E-state index is 0.158. The average molecular weight is 424 g/mol. The van der Waals surface area contributed by atoms with Crippen LogP contribution in [-0.2, 0) is 4.79 Å². The molecule has 0 aliphatic rings. The molecule has 2 aromatic carbocycles. The lowest BCUT2D eigenvalue weighted by atomic mass is 9.95. The Labute approximate surface area is 184 Å². The molecule has 0 spiro atoms. The molecule has 1 atom stereocenters. The Morgan fingerprint density at radius 3 is 2.35 bits per heavy atom. The Morgan fingerprint density at radius 1 is 1.03 bits per heavy atom. The van der Waals surface area contributed by atoms with Crippen LogP contribution in [0.25, 0.3) is 22.2 Å². The Balaban J connectivity index is 2.02. The quantitative estimate of drug-likeness (QED) is 0.459. The maximum atomic E-state index is 12.5. The van der Waals surface area contributed by atoms with Crippen molar-refractivity contribution in [1.29, 1.82) is 0 Å². The summed E-state index contributed by atoms with van der Waals surface area (Å²) in [6.45, 7) is 8.44. The first-order valence-corrected chi connectivity index (χ1v) is 10.7. The van der Waals surface area contributed by atoms with E-state index in [4.69, 9.17) is 15.2 Å². The van der Waals surface area contributed by atoms with Gasteiger partial charge in [0.15, 0.2) is 11.5 Å². The Kier molecular flexibility index (Phi) is 6.91. The van der Waals surface area contributed by atoms with Crippen LogP contribution in [0.2, 0.25) is 0 Å². The molecule has 0 aliphatic heterocycles. The number of aromatic nitrogens is 1. The smallest absolute Gasteiger partial charge is 0.241 e. The van der Waals surface area contributed by atoms with Crippen molar-refractivity contribution >= 4 is 22.5 Å². The second-order valence-electron chi connectivity index (χ2n) is 8.62. The van der Waals surface area contributed by atoms with Crippen molar-refractivity contribution in [3.05, 3.63) is 42.0 Å². The number of aromatic amines is 1. The third-order valence-electron chi connectivity index (χ3n) is 5.42. The number of amides is 1. The van der Waals surface area contributed by atoms with E-state index in [0.29, 0.717) is 23.8 Å². The maximum absolute atomic E-state index is 12.5. The van der Waals surface area contributed by atoms with Gasteiger partial charge in [-0.2, -0.15) is 0 Å². The largest absolute Gasteiger partial charge is 0.493 e. The summed E-state index contributed by atoms with van der Waals surface area (Å²) in [5.74, 6) is 1.85. The summed E-state index contributed by atoms with van der Waals surface area (Å²) < 4.78 is 10.9. The standard InChI is InChI=1S/C25H33N3O3/c1-14(2)11-19(26)25(29)27-17-8-9-20-18(13-17)23(15(3)4)24(28-20)16-7-10-21(30-5)22(12-16)31-6/h7-10,12-15,19,28H,11,26H2,1-6H3,(H,27,29)/t19-/m1/s1. The third kappa shape index (κ3) is 4.85. The highest BCUT2D eigenvalue weighted by Crippen LogP contribution is 2.39. The molecular weight excluding hydrogens is 390 g/mol. The predicted molar refractivity (Wildman–Crippen MR) is 127 cm³/mol. The highest BCUT2D eigenvalue weighted by Gasteiger charge is 2.19. The lowest BCUT2D eigenvalue weighted by molar-refractivity contribution is -0.117. The summed E-state index contributed by atoms with van der Waals surface area (Å²) in [4.78, 5) is 16.0. The molecule has 0 saturated carbocycles. The number of benzene rings is 2. The van der Waals surface area contributed by atoms with E-state index >= 15 is 0 Å². The highest BCUT2D eigenvalue weighted by atomic mass is 16.5. The average Bonchev–Trinajstić information content (AvgIpc) is 3.11. The molecule has 3 aromatic rings. The van der Waals surface area contributed by atoms with Crippen LogP contribution < -0.4 is 20.5 Å². The molecule has 166 valence electrons. The number of ether oxygens (including phenoxy) is 2. The monoisotopic (exact) mass is 423 g/mol. The van der Waals surface area contributed by atoms with Gasteiger partial charge in [0.05, 0.1) is 26.0 Å². The van der Waals surface area contributed by atoms with E-state index in [9.17, 15) is 4.79 Å². The van der Waals surface area contributed by atoms with Gasteiger partial charge in [0.2, 0.25) is 5.91 Å². The van der Waals surface area contributed by atoms with Gasteiger partial charge in [0, 0.05) is 22.2 Å². The molecule has 1 aromatic heterocycles. The van der Waals surface area contributed by atoms with Crippen molar-refractivity contribution in [2.24, 2.45) is 11.7 Å². The number of carbonyl (C=O) groups is 1. The van der Waals surface area contributed by atoms with Crippen LogP contribution in [0.3, 0.4) is 0 Å². The van der Waals surface area contributed by atoms with Gasteiger partial charge in [-0.25, -0.2) is 0 Å². The maximum Gasteiger partial charge on any atom is 0.241 e. The predicted octanol–water partition coefficient (Wildman–Crippen LogP) is 5.29. The molecule has 1 heterocycles. The Morgan fingerprint density at radius 2 is 1.74 bits per heavy atom. The van der Waals surface area contributed by atoms with Crippen molar-refractivity contribution in [2.75, 3.05) is 19.5 Å². The number of H-pyrrole nitrogens is 1. The molecule has 3 rings (SSSR count). The van der Waals surface area contributed by atoms with Crippen LogP contribution in [0, 0.1) is 5.92 Å². The molecule has 6 nitrogen and oxygen atoms in total. The lowest BCUT2D eigenvalue weighted by Crippen LogP contribution is -2.36. The molecular formula is C25H33N3O3. The van der Waals surface area contributed by atoms with Crippen molar-refractivity contribution in [1.82, 2.24) is 4.98 Å². The number of hydrogen-bond acceptors (Lipinski definition) is 4. The zero-order valence-corrected chi connectivity index (χ0v) is 19.2. The fourth-order valence-electron chi connectivity index (χ4n) is 3.96. The van der Waals surface area contributed by atoms with E-state index in [1.165, 1.54) is 5.56 Å². The fourth-order valence-corrected chi connectivity index (χ4v) is 3.96. The molecule has 6 heteroatoms. The van der Waals surface area contributed by atoms with Gasteiger partial charge < -0.3 is 25.5 Å². The molecule has 0 fully saturated rings. The van der Waals surface area contributed by atoms with Gasteiger partial charge in [-0.3, -0.25) is 4.79 Å². The summed E-state index contributed by atoms with van der Waals surface area (Å²) in [6.07, 6.45) is 0.652. The molecule has 0 aliphatic carbocycles. The highest BCUT2D eigenvalue weighted by molar-refractivity contribution is 5.99. The number of hydrogen-bond donors (Lipinski definition) is 3. The third-order valence-corrected chi connectivity index (χ3v) is 5.42. The number of rotatable bonds is 8. The van der Waals surface area contributed by atoms with Crippen LogP contribution in [0.5, 0.6) is 11.5 Å². The van der Waals surface area contributed by atoms with E-state index in [1.54, 1.807) is 14.2 Å². The molecule has 0 radical (unpaired) electrons. The minimum atomic E-state index is -0.520. The first-order chi connectivity index (χ1) is 14.7. The van der Waals surface area contributed by atoms with E-state index in [0.717, 1.165) is 27.8 Å². The van der Waals surface area contributed by atoms with Gasteiger partial charge in [-0.15, -0.1) is 0 Å². The molecule has 0 bridgehead atoms. The van der Waals surface area contributed by atoms with Gasteiger partial charge in [0.25, 0.3) is 0 Å². The second-order valence-corrected chi connectivity index (χ2v) is 8.62. The van der Waals surface area contributed by atoms with Crippen LogP contribution in [0.15, 0.2) is 36.4 Å². The summed E-state index contributed by atoms with van der Waals surface area (Å²) in [7, 11) is 3.26. The number of nitrogens with two attached hydrogens (primary N) is 1. The van der Waals surface area contributed by atoms with Crippen molar-refractivity contribution < 1.29 is 14.3 Å². The van der Waals surface area contributed by atoms with Crippen LogP contribution in [0.4, 0.5) is 5.69 Å². The van der Waals surface area contributed by atoms with E-state index in [1.807, 2.05) is 36.4 Å². The van der Waals surface area contributed by atoms with E-state index in [2.05, 4.69) is 38.0 Å². The SMILES string of the molecule is COc1ccc(-c2[nH]c3ccc(NC(=O)[C@H](N)CC(C)C)cc3c2C(C)C)cc1OC. The number of carbonyl (C=O) groups excluding carboxylic acids is 1. The Bertz CT molecular complexity index is 1070. The molecule has 0 unspecified atom stereocenters. The van der Waals surface area contributed by atoms with Crippen molar-refractivity contribution in [3.63, 3.8) is 0 Å². The normalized spacial score (nSPS) is 12.4. The lowest BCUT2D eigenvalue weighted by Gasteiger charge is -2.14. The minimum Gasteiger partial charge on any atom is -0.493 e. The molecule has 31 heavy (non-hydrogen) atoms. The van der Waals surface area contributed by atoms with E-state index < -0.39 is 6.04 Å². The van der Waals surface area contributed by atoms with Gasteiger partial charge in [-0.05, 0) is 60.2 Å². The van der Waals surface area contributed by atoms with Gasteiger partial charge in [-0.1, -0.05) is 27.7 Å². The van der Waals surface area contributed by atoms with Gasteiger partial charge in [0.1, 0.15) is 0 Å². The molecule has 0 saturated heterocycles. The number of fused-ring (bicyclic) bond motifs is 1. The Hall–Kier alpha value is -2.99. The van der Waals surface area contributed by atoms with Crippen molar-refractivity contribution in [2.45, 2.75) is 46.1 Å². The number of methoxy groups -OCH3 is 2. The summed E-state index contributed by atoms with van der Waals surface area (Å²) in [5, 5.41) is 4.05. The second kappa shape index (κ2) is 9.43. The fraction of sp³-hybridized carbons (Fsp3) is 0.400. The van der Waals surface area contributed by atoms with E-state index in [-0.39, 0.29) is 11.8 Å². The van der Waals surface area contributed by atoms with Crippen LogP contribution in [-0.4, -0.2) is 31.2 Å². The molecule has 1 amide bonds. The number of nitrogens with one attached hydrogen (secondary N) is 2. The van der Waals surface area contributed by atoms with Gasteiger partial charge >= 0.3 is 0 Å². The zero-order valence-electron chi connectivity index (χ0n) is 19.2. The zero-order chi connectivity index (χ0) is 22.7. The molecule has 4 N–H and O–H groups in total. The summed E-state index contributed by atoms with van der Waals surface area (Å²) >= 11 is 0. The van der Waals surface area contributed by atoms with Crippen molar-refractivity contribution in [3.8, 4) is 22.8 Å². The topological polar surface area (TPSA) is 89.4 Å². The van der Waals surface area contributed by atoms with Crippen LogP contribution in [0.1, 0.15) is 45.6 Å². The first kappa shape index (κ1) is 22.7. The first-order valence-electron chi connectivity index (χ1n) is 10.7. The summed E-state index contributed by atoms with van der Waals surface area (Å²) in [5.41, 5.74) is 11.0.